The first-order chi connectivity index (χ1) is 16.1. The Hall–Kier alpha value is -4.02. The maximum Gasteiger partial charge on any atom is 0.229 e. The van der Waals surface area contributed by atoms with E-state index in [9.17, 15) is 15.3 Å². The molecule has 10 nitrogen and oxygen atoms in total. The van der Waals surface area contributed by atoms with Gasteiger partial charge in [0.05, 0.1) is 37.7 Å². The lowest BCUT2D eigenvalue weighted by molar-refractivity contribution is 0.00654. The predicted molar refractivity (Wildman–Crippen MR) is 121 cm³/mol. The van der Waals surface area contributed by atoms with Crippen LogP contribution >= 0.6 is 0 Å². The summed E-state index contributed by atoms with van der Waals surface area (Å²) in [6.07, 6.45) is 3.41. The number of aliphatic hydroxyl groups excluding tert-OH is 1. The number of aromatic hydroxyl groups is 1. The minimum atomic E-state index is -1.06. The smallest absolute Gasteiger partial charge is 0.229 e. The van der Waals surface area contributed by atoms with Gasteiger partial charge in [-0.05, 0) is 23.8 Å². The summed E-state index contributed by atoms with van der Waals surface area (Å²) < 4.78 is 3.52. The molecule has 6 rings (SSSR count). The molecule has 5 aromatic rings. The first kappa shape index (κ1) is 19.6. The van der Waals surface area contributed by atoms with Crippen molar-refractivity contribution >= 4 is 28.0 Å². The van der Waals surface area contributed by atoms with Gasteiger partial charge < -0.3 is 24.8 Å². The number of para-hydroxylation sites is 1. The zero-order valence-corrected chi connectivity index (χ0v) is 17.6. The Morgan fingerprint density at radius 3 is 2.58 bits per heavy atom. The number of β-amino-alcohol motifs (C(OH)–C–C–N with tert-alkyl or cyclic N) is 1. The van der Waals surface area contributed by atoms with Crippen LogP contribution in [-0.4, -0.2) is 64.3 Å². The van der Waals surface area contributed by atoms with Crippen LogP contribution < -0.4 is 4.90 Å². The molecule has 3 N–H and O–H groups in total. The minimum absolute atomic E-state index is 0.0465. The maximum atomic E-state index is 11.1. The second-order valence-electron chi connectivity index (χ2n) is 8.23. The van der Waals surface area contributed by atoms with Gasteiger partial charge in [-0.2, -0.15) is 15.1 Å². The zero-order chi connectivity index (χ0) is 22.6. The van der Waals surface area contributed by atoms with E-state index in [4.69, 9.17) is 9.97 Å². The largest absolute Gasteiger partial charge is 0.508 e. The van der Waals surface area contributed by atoms with Gasteiger partial charge in [-0.3, -0.25) is 0 Å². The zero-order valence-electron chi connectivity index (χ0n) is 17.6. The van der Waals surface area contributed by atoms with Crippen molar-refractivity contribution in [2.45, 2.75) is 12.1 Å². The van der Waals surface area contributed by atoms with Crippen LogP contribution in [0, 0.1) is 0 Å². The van der Waals surface area contributed by atoms with Crippen molar-refractivity contribution in [1.82, 2.24) is 29.3 Å². The molecule has 4 heterocycles. The van der Waals surface area contributed by atoms with Crippen LogP contribution in [0.1, 0.15) is 5.56 Å². The number of anilines is 1. The molecule has 0 aliphatic carbocycles. The normalized spacial score (nSPS) is 15.3. The molecule has 0 unspecified atom stereocenters. The summed E-state index contributed by atoms with van der Waals surface area (Å²) >= 11 is 0. The van der Waals surface area contributed by atoms with Crippen molar-refractivity contribution in [3.63, 3.8) is 0 Å². The van der Waals surface area contributed by atoms with Gasteiger partial charge in [-0.25, -0.2) is 9.67 Å². The monoisotopic (exact) mass is 443 g/mol. The number of phenolic OH excluding ortho intramolecular Hbond substituents is 1. The molecule has 1 aliphatic heterocycles. The summed E-state index contributed by atoms with van der Waals surface area (Å²) in [5, 5.41) is 35.6. The Morgan fingerprint density at radius 2 is 1.79 bits per heavy atom. The van der Waals surface area contributed by atoms with Crippen molar-refractivity contribution in [3.8, 4) is 11.6 Å². The third kappa shape index (κ3) is 3.11. The van der Waals surface area contributed by atoms with E-state index in [2.05, 4.69) is 10.1 Å². The second-order valence-corrected chi connectivity index (χ2v) is 8.23. The molecule has 3 aromatic heterocycles. The SMILES string of the molecule is OCCn1cnc2c(-n3ncc4ccccc43)nc(N3CC(O)(c4ccc(O)cc4)C3)nc21. The van der Waals surface area contributed by atoms with Crippen LogP contribution in [0.5, 0.6) is 5.75 Å². The summed E-state index contributed by atoms with van der Waals surface area (Å²) in [6.45, 7) is 0.909. The predicted octanol–water partition coefficient (Wildman–Crippen LogP) is 1.57. The molecule has 0 amide bonds. The Kier molecular flexibility index (Phi) is 4.32. The summed E-state index contributed by atoms with van der Waals surface area (Å²) in [5.41, 5.74) is 1.72. The van der Waals surface area contributed by atoms with Gasteiger partial charge in [0, 0.05) is 11.9 Å². The molecular formula is C23H21N7O3. The summed E-state index contributed by atoms with van der Waals surface area (Å²) in [4.78, 5) is 15.9. The number of imidazole rings is 1. The van der Waals surface area contributed by atoms with Crippen molar-refractivity contribution in [2.75, 3.05) is 24.6 Å². The molecule has 1 saturated heterocycles. The van der Waals surface area contributed by atoms with Crippen molar-refractivity contribution in [3.05, 3.63) is 66.6 Å². The van der Waals surface area contributed by atoms with Crippen LogP contribution in [0.2, 0.25) is 0 Å². The fourth-order valence-electron chi connectivity index (χ4n) is 4.30. The van der Waals surface area contributed by atoms with Crippen molar-refractivity contribution in [2.24, 2.45) is 0 Å². The fourth-order valence-corrected chi connectivity index (χ4v) is 4.30. The molecule has 1 fully saturated rings. The molecular weight excluding hydrogens is 422 g/mol. The van der Waals surface area contributed by atoms with Gasteiger partial charge in [0.1, 0.15) is 11.4 Å². The molecule has 166 valence electrons. The summed E-state index contributed by atoms with van der Waals surface area (Å²) in [7, 11) is 0. The number of hydrogen-bond acceptors (Lipinski definition) is 8. The van der Waals surface area contributed by atoms with Crippen LogP contribution in [0.4, 0.5) is 5.95 Å². The maximum absolute atomic E-state index is 11.1. The van der Waals surface area contributed by atoms with E-state index in [0.29, 0.717) is 42.6 Å². The van der Waals surface area contributed by atoms with Gasteiger partial charge in [-0.15, -0.1) is 0 Å². The molecule has 33 heavy (non-hydrogen) atoms. The number of aromatic nitrogens is 6. The standard InChI is InChI=1S/C23H21N7O3/c31-10-9-28-14-24-19-20(28)26-22(27-21(19)30-18-4-2-1-3-15(18)11-25-30)29-12-23(33,13-29)16-5-7-17(32)8-6-16/h1-8,11,14,31-33H,9-10,12-13H2. The number of rotatable bonds is 5. The number of aliphatic hydroxyl groups is 2. The molecule has 0 bridgehead atoms. The molecule has 0 radical (unpaired) electrons. The van der Waals surface area contributed by atoms with E-state index >= 15 is 0 Å². The highest BCUT2D eigenvalue weighted by Gasteiger charge is 2.44. The van der Waals surface area contributed by atoms with Gasteiger partial charge in [0.2, 0.25) is 5.95 Å². The molecule has 1 aliphatic rings. The third-order valence-corrected chi connectivity index (χ3v) is 6.04. The van der Waals surface area contributed by atoms with E-state index < -0.39 is 5.60 Å². The molecule has 0 spiro atoms. The summed E-state index contributed by atoms with van der Waals surface area (Å²) in [5.74, 6) is 1.13. The number of fused-ring (bicyclic) bond motifs is 2. The van der Waals surface area contributed by atoms with Crippen molar-refractivity contribution < 1.29 is 15.3 Å². The average molecular weight is 443 g/mol. The van der Waals surface area contributed by atoms with Crippen LogP contribution in [-0.2, 0) is 12.1 Å². The van der Waals surface area contributed by atoms with Crippen molar-refractivity contribution in [1.29, 1.82) is 0 Å². The first-order valence-corrected chi connectivity index (χ1v) is 10.6. The average Bonchev–Trinajstić information content (AvgIpc) is 3.42. The van der Waals surface area contributed by atoms with Gasteiger partial charge in [0.15, 0.2) is 17.0 Å². The van der Waals surface area contributed by atoms with Gasteiger partial charge >= 0.3 is 0 Å². The topological polar surface area (TPSA) is 125 Å². The molecule has 0 saturated carbocycles. The number of nitrogens with zero attached hydrogens (tertiary/aromatic N) is 7. The van der Waals surface area contributed by atoms with E-state index in [-0.39, 0.29) is 12.4 Å². The number of benzene rings is 2. The third-order valence-electron chi connectivity index (χ3n) is 6.04. The highest BCUT2D eigenvalue weighted by Crippen LogP contribution is 2.36. The van der Waals surface area contributed by atoms with Crippen LogP contribution in [0.15, 0.2) is 61.1 Å². The van der Waals surface area contributed by atoms with Crippen LogP contribution in [0.25, 0.3) is 27.9 Å². The van der Waals surface area contributed by atoms with E-state index in [1.165, 1.54) is 0 Å². The summed E-state index contributed by atoms with van der Waals surface area (Å²) in [6, 6.07) is 14.4. The van der Waals surface area contributed by atoms with Gasteiger partial charge in [0.25, 0.3) is 0 Å². The Bertz CT molecular complexity index is 1470. The van der Waals surface area contributed by atoms with E-state index in [0.717, 1.165) is 16.5 Å². The minimum Gasteiger partial charge on any atom is -0.508 e. The Morgan fingerprint density at radius 1 is 1.00 bits per heavy atom. The lowest BCUT2D eigenvalue weighted by atomic mass is 9.86. The quantitative estimate of drug-likeness (QED) is 0.374. The van der Waals surface area contributed by atoms with E-state index in [1.54, 1.807) is 46.0 Å². The molecule has 2 aromatic carbocycles. The first-order valence-electron chi connectivity index (χ1n) is 10.6. The van der Waals surface area contributed by atoms with Gasteiger partial charge in [-0.1, -0.05) is 30.3 Å². The highest BCUT2D eigenvalue weighted by atomic mass is 16.3. The lowest BCUT2D eigenvalue weighted by Crippen LogP contribution is -2.60. The highest BCUT2D eigenvalue weighted by molar-refractivity contribution is 5.85. The lowest BCUT2D eigenvalue weighted by Gasteiger charge is -2.46. The number of phenols is 1. The molecule has 0 atom stereocenters. The fraction of sp³-hybridized carbons (Fsp3) is 0.217. The van der Waals surface area contributed by atoms with Crippen LogP contribution in [0.3, 0.4) is 0 Å². The van der Waals surface area contributed by atoms with E-state index in [1.807, 2.05) is 29.2 Å². The molecule has 10 heteroatoms. The Balaban J connectivity index is 1.44. The second kappa shape index (κ2) is 7.26. The Labute approximate surface area is 188 Å². The number of hydrogen-bond donors (Lipinski definition) is 3.